The molecule has 2 aromatic rings. The number of nitrogens with zero attached hydrogens (tertiary/aromatic N) is 1. The number of quaternary nitrogens is 1. The average Bonchev–Trinajstić information content (AvgIpc) is 2.64. The van der Waals surface area contributed by atoms with Gasteiger partial charge in [0.25, 0.3) is 0 Å². The van der Waals surface area contributed by atoms with Crippen molar-refractivity contribution in [1.82, 2.24) is 0 Å². The Kier molecular flexibility index (Phi) is 6.25. The fourth-order valence-corrected chi connectivity index (χ4v) is 4.89. The maximum atomic E-state index is 12.5. The van der Waals surface area contributed by atoms with Gasteiger partial charge in [-0.1, -0.05) is 18.2 Å². The lowest BCUT2D eigenvalue weighted by Crippen LogP contribution is -3.00. The molecule has 1 unspecified atom stereocenters. The fourth-order valence-electron chi connectivity index (χ4n) is 4.89. The quantitative estimate of drug-likeness (QED) is 0.274. The number of halogens is 1. The van der Waals surface area contributed by atoms with E-state index in [9.17, 15) is 9.59 Å². The van der Waals surface area contributed by atoms with Crippen LogP contribution in [0.15, 0.2) is 39.5 Å². The smallest absolute Gasteiger partial charge is 0.351 e. The van der Waals surface area contributed by atoms with Crippen molar-refractivity contribution in [1.29, 1.82) is 0 Å². The monoisotopic (exact) mass is 483 g/mol. The Hall–Kier alpha value is -1.41. The highest BCUT2D eigenvalue weighted by molar-refractivity contribution is 5.92. The van der Waals surface area contributed by atoms with E-state index < -0.39 is 11.6 Å². The predicted molar refractivity (Wildman–Crippen MR) is 99.0 cm³/mol. The molecule has 0 radical (unpaired) electrons. The molecule has 2 fully saturated rings. The summed E-state index contributed by atoms with van der Waals surface area (Å²) in [5.41, 5.74) is -0.160. The van der Waals surface area contributed by atoms with Gasteiger partial charge in [-0.25, -0.2) is 9.59 Å². The van der Waals surface area contributed by atoms with Crippen LogP contribution < -0.4 is 29.6 Å². The first-order valence-electron chi connectivity index (χ1n) is 9.61. The third-order valence-corrected chi connectivity index (χ3v) is 6.30. The van der Waals surface area contributed by atoms with Gasteiger partial charge in [0.1, 0.15) is 17.8 Å². The predicted octanol–water partition coefficient (Wildman–Crippen LogP) is 0.363. The van der Waals surface area contributed by atoms with Crippen LogP contribution in [0.4, 0.5) is 0 Å². The number of piperidine rings is 2. The normalized spacial score (nSPS) is 27.4. The van der Waals surface area contributed by atoms with E-state index in [2.05, 4.69) is 7.05 Å². The molecular formula is C21H26INO4. The van der Waals surface area contributed by atoms with E-state index in [1.807, 2.05) is 12.1 Å². The molecule has 27 heavy (non-hydrogen) atoms. The van der Waals surface area contributed by atoms with Crippen molar-refractivity contribution in [2.45, 2.75) is 38.1 Å². The third-order valence-electron chi connectivity index (χ3n) is 6.30. The topological polar surface area (TPSA) is 56.5 Å². The molecule has 0 N–H and O–H groups in total. The summed E-state index contributed by atoms with van der Waals surface area (Å²) in [6, 6.07) is 9.33. The standard InChI is InChI=1S/C21H26NO4.HI/c1-22-11-5-4-9-18(22)16(8-6-12-22)14-25-20(23)17-13-15-7-2-3-10-19(15)26-21(17)24;/h2-3,7,10,13,16,18H,4-6,8-9,11-12,14H2,1H3;1H/q+1;/p-1/t16-,18+,22?;/m0./s1. The molecule has 2 aliphatic heterocycles. The molecule has 1 aromatic carbocycles. The number of carbonyl (C=O) groups is 1. The maximum absolute atomic E-state index is 12.5. The number of esters is 1. The van der Waals surface area contributed by atoms with Gasteiger partial charge in [-0.2, -0.15) is 0 Å². The Morgan fingerprint density at radius 3 is 2.81 bits per heavy atom. The largest absolute Gasteiger partial charge is 1.00 e. The molecule has 5 nitrogen and oxygen atoms in total. The lowest BCUT2D eigenvalue weighted by atomic mass is 9.82. The summed E-state index contributed by atoms with van der Waals surface area (Å²) in [6.45, 7) is 2.84. The Bertz CT molecular complexity index is 876. The van der Waals surface area contributed by atoms with Crippen molar-refractivity contribution in [2.75, 3.05) is 26.7 Å². The van der Waals surface area contributed by atoms with E-state index in [0.29, 0.717) is 24.1 Å². The molecule has 0 aliphatic carbocycles. The first-order valence-corrected chi connectivity index (χ1v) is 9.61. The van der Waals surface area contributed by atoms with Crippen LogP contribution in [0.5, 0.6) is 0 Å². The van der Waals surface area contributed by atoms with Crippen LogP contribution in [0, 0.1) is 5.92 Å². The van der Waals surface area contributed by atoms with Gasteiger partial charge >= 0.3 is 11.6 Å². The van der Waals surface area contributed by atoms with Crippen molar-refractivity contribution in [3.63, 3.8) is 0 Å². The van der Waals surface area contributed by atoms with Gasteiger partial charge in [0.2, 0.25) is 0 Å². The minimum absolute atomic E-state index is 0. The van der Waals surface area contributed by atoms with Crippen molar-refractivity contribution >= 4 is 16.9 Å². The molecule has 2 aliphatic rings. The van der Waals surface area contributed by atoms with Crippen LogP contribution >= 0.6 is 0 Å². The summed E-state index contributed by atoms with van der Waals surface area (Å²) >= 11 is 0. The number of hydrogen-bond acceptors (Lipinski definition) is 4. The van der Waals surface area contributed by atoms with E-state index in [-0.39, 0.29) is 29.5 Å². The van der Waals surface area contributed by atoms with E-state index in [1.165, 1.54) is 38.8 Å². The van der Waals surface area contributed by atoms with Crippen molar-refractivity contribution in [3.8, 4) is 0 Å². The second-order valence-electron chi connectivity index (χ2n) is 7.98. The molecule has 2 saturated heterocycles. The van der Waals surface area contributed by atoms with Gasteiger partial charge in [0.05, 0.1) is 26.2 Å². The van der Waals surface area contributed by atoms with Gasteiger partial charge in [-0.05, 0) is 37.8 Å². The lowest BCUT2D eigenvalue weighted by molar-refractivity contribution is -0.947. The maximum Gasteiger partial charge on any atom is 0.351 e. The summed E-state index contributed by atoms with van der Waals surface area (Å²) < 4.78 is 11.9. The third kappa shape index (κ3) is 4.06. The minimum Gasteiger partial charge on any atom is -1.00 e. The van der Waals surface area contributed by atoms with Crippen LogP contribution in [0.1, 0.15) is 42.5 Å². The van der Waals surface area contributed by atoms with Crippen molar-refractivity contribution < 1.29 is 42.4 Å². The molecule has 0 bridgehead atoms. The van der Waals surface area contributed by atoms with E-state index >= 15 is 0 Å². The number of ether oxygens (including phenoxy) is 1. The van der Waals surface area contributed by atoms with Crippen LogP contribution in [0.2, 0.25) is 0 Å². The summed E-state index contributed by atoms with van der Waals surface area (Å²) in [7, 11) is 2.34. The first kappa shape index (κ1) is 20.3. The molecule has 3 heterocycles. The molecule has 0 spiro atoms. The molecule has 6 heteroatoms. The number of para-hydroxylation sites is 1. The highest BCUT2D eigenvalue weighted by atomic mass is 127. The van der Waals surface area contributed by atoms with E-state index in [0.717, 1.165) is 16.3 Å². The molecule has 146 valence electrons. The molecular weight excluding hydrogens is 457 g/mol. The van der Waals surface area contributed by atoms with Crippen molar-refractivity contribution in [3.05, 3.63) is 46.3 Å². The van der Waals surface area contributed by atoms with Gasteiger partial charge in [0, 0.05) is 17.7 Å². The van der Waals surface area contributed by atoms with Gasteiger partial charge < -0.3 is 37.6 Å². The molecule has 0 amide bonds. The average molecular weight is 483 g/mol. The number of fused-ring (bicyclic) bond motifs is 2. The van der Waals surface area contributed by atoms with Crippen LogP contribution in [0.25, 0.3) is 11.0 Å². The zero-order chi connectivity index (χ0) is 18.1. The molecule has 1 aromatic heterocycles. The zero-order valence-electron chi connectivity index (χ0n) is 15.7. The fraction of sp³-hybridized carbons (Fsp3) is 0.524. The number of hydrogen-bond donors (Lipinski definition) is 0. The Balaban J connectivity index is 0.00000210. The van der Waals surface area contributed by atoms with Crippen LogP contribution in [-0.2, 0) is 4.74 Å². The van der Waals surface area contributed by atoms with E-state index in [1.54, 1.807) is 18.2 Å². The van der Waals surface area contributed by atoms with Crippen molar-refractivity contribution in [2.24, 2.45) is 5.92 Å². The second-order valence-corrected chi connectivity index (χ2v) is 7.98. The summed E-state index contributed by atoms with van der Waals surface area (Å²) in [6.07, 6.45) is 6.02. The Morgan fingerprint density at radius 1 is 1.19 bits per heavy atom. The molecule has 0 saturated carbocycles. The van der Waals surface area contributed by atoms with Crippen LogP contribution in [-0.4, -0.2) is 43.2 Å². The SMILES string of the molecule is C[N+]12CCCC[C@@H]1[C@H](COC(=O)c1cc3ccccc3oc1=O)CCC2.[I-]. The summed E-state index contributed by atoms with van der Waals surface area (Å²) in [5.74, 6) is -0.189. The highest BCUT2D eigenvalue weighted by Crippen LogP contribution is 2.36. The lowest BCUT2D eigenvalue weighted by Gasteiger charge is -2.51. The number of carbonyl (C=O) groups excluding carboxylic acids is 1. The minimum atomic E-state index is -0.629. The molecule has 4 rings (SSSR count). The first-order chi connectivity index (χ1) is 12.6. The summed E-state index contributed by atoms with van der Waals surface area (Å²) in [4.78, 5) is 24.6. The van der Waals surface area contributed by atoms with Gasteiger partial charge in [-0.3, -0.25) is 0 Å². The van der Waals surface area contributed by atoms with Crippen LogP contribution in [0.3, 0.4) is 0 Å². The Morgan fingerprint density at radius 2 is 1.96 bits per heavy atom. The molecule has 3 atom stereocenters. The van der Waals surface area contributed by atoms with Gasteiger partial charge in [-0.15, -0.1) is 0 Å². The zero-order valence-corrected chi connectivity index (χ0v) is 17.8. The highest BCUT2D eigenvalue weighted by Gasteiger charge is 2.43. The Labute approximate surface area is 176 Å². The second kappa shape index (κ2) is 8.31. The van der Waals surface area contributed by atoms with Gasteiger partial charge in [0.15, 0.2) is 0 Å². The number of rotatable bonds is 3. The van der Waals surface area contributed by atoms with E-state index in [4.69, 9.17) is 9.15 Å². The summed E-state index contributed by atoms with van der Waals surface area (Å²) in [5, 5.41) is 0.730. The number of benzene rings is 1.